The lowest BCUT2D eigenvalue weighted by atomic mass is 10.2. The lowest BCUT2D eigenvalue weighted by Gasteiger charge is -2.20. The van der Waals surface area contributed by atoms with Crippen LogP contribution < -0.4 is 5.32 Å². The number of rotatable bonds is 6. The van der Waals surface area contributed by atoms with Gasteiger partial charge in [0.1, 0.15) is 6.04 Å². The Kier molecular flexibility index (Phi) is 6.31. The predicted octanol–water partition coefficient (Wildman–Crippen LogP) is 1.26. The number of nitro benzene ring substituents is 1. The fraction of sp³-hybridized carbons (Fsp3) is 0.429. The molecule has 1 aromatic rings. The molecular formula is C14H16BrN3O7S. The molecule has 1 aliphatic rings. The highest BCUT2D eigenvalue weighted by Gasteiger charge is 2.37. The summed E-state index contributed by atoms with van der Waals surface area (Å²) in [5.74, 6) is -1.44. The van der Waals surface area contributed by atoms with Gasteiger partial charge in [-0.2, -0.15) is 4.31 Å². The summed E-state index contributed by atoms with van der Waals surface area (Å²) >= 11 is 3.11. The highest BCUT2D eigenvalue weighted by Crippen LogP contribution is 2.27. The van der Waals surface area contributed by atoms with Gasteiger partial charge in [0, 0.05) is 23.2 Å². The maximum Gasteiger partial charge on any atom is 0.324 e. The molecule has 1 saturated heterocycles. The average Bonchev–Trinajstić information content (AvgIpc) is 3.04. The first-order valence-electron chi connectivity index (χ1n) is 7.47. The van der Waals surface area contributed by atoms with Crippen LogP contribution in [-0.4, -0.2) is 55.0 Å². The Hall–Kier alpha value is -2.05. The van der Waals surface area contributed by atoms with E-state index in [9.17, 15) is 28.1 Å². The zero-order valence-electron chi connectivity index (χ0n) is 13.7. The van der Waals surface area contributed by atoms with E-state index in [4.69, 9.17) is 4.74 Å². The van der Waals surface area contributed by atoms with Crippen molar-refractivity contribution in [3.05, 3.63) is 32.8 Å². The number of benzene rings is 1. The maximum absolute atomic E-state index is 12.1. The molecule has 0 aliphatic carbocycles. The van der Waals surface area contributed by atoms with Gasteiger partial charge in [0.2, 0.25) is 10.0 Å². The minimum atomic E-state index is -3.53. The lowest BCUT2D eigenvalue weighted by Crippen LogP contribution is -2.41. The number of anilines is 1. The quantitative estimate of drug-likeness (QED) is 0.392. The molecule has 1 atom stereocenters. The predicted molar refractivity (Wildman–Crippen MR) is 95.0 cm³/mol. The number of non-ortho nitro benzene ring substituents is 1. The van der Waals surface area contributed by atoms with Crippen LogP contribution in [0.2, 0.25) is 0 Å². The van der Waals surface area contributed by atoms with Crippen LogP contribution in [0.3, 0.4) is 0 Å². The lowest BCUT2D eigenvalue weighted by molar-refractivity contribution is -0.384. The summed E-state index contributed by atoms with van der Waals surface area (Å²) in [6.07, 6.45) is 1.88. The summed E-state index contributed by atoms with van der Waals surface area (Å²) in [6.45, 7) is -0.364. The van der Waals surface area contributed by atoms with E-state index in [0.717, 1.165) is 10.6 Å². The molecule has 26 heavy (non-hydrogen) atoms. The van der Waals surface area contributed by atoms with Crippen molar-refractivity contribution in [1.82, 2.24) is 4.31 Å². The minimum absolute atomic E-state index is 0.150. The second-order valence-corrected chi connectivity index (χ2v) is 8.40. The summed E-state index contributed by atoms with van der Waals surface area (Å²) in [4.78, 5) is 34.1. The van der Waals surface area contributed by atoms with Gasteiger partial charge in [0.15, 0.2) is 6.61 Å². The Morgan fingerprint density at radius 3 is 2.73 bits per heavy atom. The monoisotopic (exact) mass is 449 g/mol. The van der Waals surface area contributed by atoms with Crippen molar-refractivity contribution in [1.29, 1.82) is 0 Å². The van der Waals surface area contributed by atoms with Crippen molar-refractivity contribution >= 4 is 49.2 Å². The van der Waals surface area contributed by atoms with E-state index in [1.807, 2.05) is 0 Å². The molecule has 1 amide bonds. The number of nitrogens with zero attached hydrogens (tertiary/aromatic N) is 2. The van der Waals surface area contributed by atoms with Crippen molar-refractivity contribution in [3.8, 4) is 0 Å². The number of sulfonamides is 1. The van der Waals surface area contributed by atoms with E-state index in [0.29, 0.717) is 17.3 Å². The molecule has 0 saturated carbocycles. The van der Waals surface area contributed by atoms with E-state index in [-0.39, 0.29) is 17.9 Å². The smallest absolute Gasteiger partial charge is 0.324 e. The first-order valence-corrected chi connectivity index (χ1v) is 10.1. The van der Waals surface area contributed by atoms with Crippen LogP contribution in [0.1, 0.15) is 12.8 Å². The van der Waals surface area contributed by atoms with E-state index in [1.54, 1.807) is 0 Å². The molecule has 1 aliphatic heterocycles. The van der Waals surface area contributed by atoms with Crippen molar-refractivity contribution in [2.45, 2.75) is 18.9 Å². The summed E-state index contributed by atoms with van der Waals surface area (Å²) in [5, 5.41) is 13.1. The first kappa shape index (κ1) is 20.3. The van der Waals surface area contributed by atoms with Crippen LogP contribution in [0.5, 0.6) is 0 Å². The molecule has 0 bridgehead atoms. The number of hydrogen-bond donors (Lipinski definition) is 1. The number of carbonyl (C=O) groups is 2. The number of esters is 1. The molecule has 12 heteroatoms. The van der Waals surface area contributed by atoms with Crippen molar-refractivity contribution in [2.75, 3.05) is 24.7 Å². The molecule has 1 N–H and O–H groups in total. The topological polar surface area (TPSA) is 136 Å². The summed E-state index contributed by atoms with van der Waals surface area (Å²) in [6, 6.07) is 2.85. The van der Waals surface area contributed by atoms with Gasteiger partial charge in [0.25, 0.3) is 11.6 Å². The molecule has 1 heterocycles. The normalized spacial score (nSPS) is 17.7. The number of hydrogen-bond acceptors (Lipinski definition) is 7. The number of nitrogens with one attached hydrogen (secondary N) is 1. The van der Waals surface area contributed by atoms with Crippen LogP contribution in [0.4, 0.5) is 11.4 Å². The molecule has 10 nitrogen and oxygen atoms in total. The van der Waals surface area contributed by atoms with Crippen molar-refractivity contribution in [3.63, 3.8) is 0 Å². The summed E-state index contributed by atoms with van der Waals surface area (Å²) in [5.41, 5.74) is 0.124. The molecular weight excluding hydrogens is 434 g/mol. The van der Waals surface area contributed by atoms with Crippen LogP contribution in [0.25, 0.3) is 0 Å². The number of halogens is 1. The van der Waals surface area contributed by atoms with Gasteiger partial charge < -0.3 is 10.1 Å². The molecule has 0 radical (unpaired) electrons. The molecule has 0 unspecified atom stereocenters. The third-order valence-corrected chi connectivity index (χ3v) is 5.63. The van der Waals surface area contributed by atoms with E-state index >= 15 is 0 Å². The Morgan fingerprint density at radius 1 is 1.46 bits per heavy atom. The summed E-state index contributed by atoms with van der Waals surface area (Å²) < 4.78 is 29.5. The standard InChI is InChI=1S/C14H16BrN3O7S/c1-26(23,24)17-6-2-3-12(17)14(20)25-8-13(19)16-11-5-4-9(18(21)22)7-10(11)15/h4-5,7,12H,2-3,6,8H2,1H3,(H,16,19)/t12-/m0/s1. The second kappa shape index (κ2) is 8.10. The zero-order valence-corrected chi connectivity index (χ0v) is 16.1. The minimum Gasteiger partial charge on any atom is -0.454 e. The van der Waals surface area contributed by atoms with Gasteiger partial charge in [-0.1, -0.05) is 0 Å². The number of ether oxygens (including phenoxy) is 1. The number of nitro groups is 1. The van der Waals surface area contributed by atoms with Crippen molar-refractivity contribution in [2.24, 2.45) is 0 Å². The van der Waals surface area contributed by atoms with Crippen LogP contribution >= 0.6 is 15.9 Å². The van der Waals surface area contributed by atoms with Gasteiger partial charge in [-0.05, 0) is 34.8 Å². The maximum atomic E-state index is 12.1. The Morgan fingerprint density at radius 2 is 2.15 bits per heavy atom. The van der Waals surface area contributed by atoms with Crippen LogP contribution in [0.15, 0.2) is 22.7 Å². The van der Waals surface area contributed by atoms with Crippen LogP contribution in [-0.2, 0) is 24.3 Å². The fourth-order valence-electron chi connectivity index (χ4n) is 2.51. The van der Waals surface area contributed by atoms with E-state index in [1.165, 1.54) is 18.2 Å². The zero-order chi connectivity index (χ0) is 19.5. The summed E-state index contributed by atoms with van der Waals surface area (Å²) in [7, 11) is -3.53. The Bertz CT molecular complexity index is 843. The Balaban J connectivity index is 1.93. The number of carbonyl (C=O) groups excluding carboxylic acids is 2. The largest absolute Gasteiger partial charge is 0.454 e. The van der Waals surface area contributed by atoms with E-state index < -0.39 is 39.5 Å². The van der Waals surface area contributed by atoms with Gasteiger partial charge in [0.05, 0.1) is 16.9 Å². The Labute approximate surface area is 157 Å². The fourth-order valence-corrected chi connectivity index (χ4v) is 4.09. The van der Waals surface area contributed by atoms with Gasteiger partial charge >= 0.3 is 5.97 Å². The third kappa shape index (κ3) is 4.99. The van der Waals surface area contributed by atoms with Gasteiger partial charge in [-0.25, -0.2) is 8.42 Å². The van der Waals surface area contributed by atoms with Gasteiger partial charge in [-0.3, -0.25) is 19.7 Å². The second-order valence-electron chi connectivity index (χ2n) is 5.61. The molecule has 0 spiro atoms. The third-order valence-electron chi connectivity index (χ3n) is 3.68. The average molecular weight is 450 g/mol. The number of amides is 1. The van der Waals surface area contributed by atoms with Crippen molar-refractivity contribution < 1.29 is 27.7 Å². The SMILES string of the molecule is CS(=O)(=O)N1CCC[C@H]1C(=O)OCC(=O)Nc1ccc([N+](=O)[O-])cc1Br. The van der Waals surface area contributed by atoms with Gasteiger partial charge in [-0.15, -0.1) is 0 Å². The van der Waals surface area contributed by atoms with Crippen LogP contribution in [0, 0.1) is 10.1 Å². The van der Waals surface area contributed by atoms with E-state index in [2.05, 4.69) is 21.2 Å². The molecule has 1 aromatic carbocycles. The first-order chi connectivity index (χ1) is 12.1. The molecule has 1 fully saturated rings. The highest BCUT2D eigenvalue weighted by molar-refractivity contribution is 9.10. The molecule has 142 valence electrons. The molecule has 0 aromatic heterocycles. The molecule has 2 rings (SSSR count). The highest BCUT2D eigenvalue weighted by atomic mass is 79.9.